The van der Waals surface area contributed by atoms with Crippen molar-refractivity contribution in [3.8, 4) is 0 Å². The van der Waals surface area contributed by atoms with E-state index in [9.17, 15) is 27.9 Å². The Morgan fingerprint density at radius 3 is 2.44 bits per heavy atom. The molecule has 2 aliphatic rings. The number of aromatic carboxylic acids is 1. The number of fused-ring (bicyclic) bond motifs is 1. The molecule has 32 heavy (non-hydrogen) atoms. The van der Waals surface area contributed by atoms with Crippen molar-refractivity contribution in [2.45, 2.75) is 44.4 Å². The van der Waals surface area contributed by atoms with E-state index in [0.29, 0.717) is 19.3 Å². The molecular formula is C22H25F4N3O3. The highest BCUT2D eigenvalue weighted by Crippen LogP contribution is 2.47. The van der Waals surface area contributed by atoms with Gasteiger partial charge in [-0.25, -0.2) is 9.18 Å². The van der Waals surface area contributed by atoms with Gasteiger partial charge in [-0.1, -0.05) is 0 Å². The Kier molecular flexibility index (Phi) is 5.47. The zero-order chi connectivity index (χ0) is 23.5. The molecule has 1 saturated carbocycles. The first kappa shape index (κ1) is 22.6. The van der Waals surface area contributed by atoms with Gasteiger partial charge in [0.05, 0.1) is 16.6 Å². The lowest BCUT2D eigenvalue weighted by Crippen LogP contribution is -2.35. The lowest BCUT2D eigenvalue weighted by Gasteiger charge is -2.29. The lowest BCUT2D eigenvalue weighted by atomic mass is 9.99. The lowest BCUT2D eigenvalue weighted by molar-refractivity contribution is -0.136. The van der Waals surface area contributed by atoms with Gasteiger partial charge in [-0.2, -0.15) is 13.2 Å². The predicted octanol–water partition coefficient (Wildman–Crippen LogP) is 3.97. The minimum atomic E-state index is -4.94. The molecule has 2 atom stereocenters. The predicted molar refractivity (Wildman–Crippen MR) is 112 cm³/mol. The third kappa shape index (κ3) is 3.74. The fraction of sp³-hybridized carbons (Fsp3) is 0.545. The number of anilines is 1. The summed E-state index contributed by atoms with van der Waals surface area (Å²) in [7, 11) is 3.78. The van der Waals surface area contributed by atoms with Crippen molar-refractivity contribution in [1.82, 2.24) is 9.47 Å². The van der Waals surface area contributed by atoms with Crippen LogP contribution in [-0.2, 0) is 6.18 Å². The van der Waals surface area contributed by atoms with E-state index in [2.05, 4.69) is 0 Å². The Morgan fingerprint density at radius 1 is 1.25 bits per heavy atom. The summed E-state index contributed by atoms with van der Waals surface area (Å²) in [5.74, 6) is -2.66. The Labute approximate surface area is 182 Å². The van der Waals surface area contributed by atoms with E-state index < -0.39 is 51.1 Å². The fourth-order valence-electron chi connectivity index (χ4n) is 4.65. The standard InChI is InChI=1S/C22H25F4N3O3/c1-11(27(2)3)12-6-7-28(9-12)19-16(23)8-14-18(17(19)22(24,25)26)29(13-4-5-13)10-15(20(14)30)21(31)32/h8,10-13H,4-7,9H2,1-3H3,(H,31,32). The quantitative estimate of drug-likeness (QED) is 0.692. The van der Waals surface area contributed by atoms with Gasteiger partial charge in [-0.3, -0.25) is 4.79 Å². The SMILES string of the molecule is CC(C1CCN(c2c(F)cc3c(=O)c(C(=O)O)cn(C4CC4)c3c2C(F)(F)F)C1)N(C)C. The van der Waals surface area contributed by atoms with Gasteiger partial charge in [0.1, 0.15) is 16.9 Å². The van der Waals surface area contributed by atoms with Crippen molar-refractivity contribution in [3.63, 3.8) is 0 Å². The van der Waals surface area contributed by atoms with Gasteiger partial charge >= 0.3 is 12.1 Å². The zero-order valence-corrected chi connectivity index (χ0v) is 18.0. The number of carbonyl (C=O) groups is 1. The maximum absolute atomic E-state index is 15.3. The van der Waals surface area contributed by atoms with Crippen molar-refractivity contribution in [2.24, 2.45) is 5.92 Å². The van der Waals surface area contributed by atoms with E-state index in [1.165, 1.54) is 9.47 Å². The molecule has 1 N–H and O–H groups in total. The maximum atomic E-state index is 15.3. The Balaban J connectivity index is 1.98. The average Bonchev–Trinajstić information content (AvgIpc) is 3.42. The third-order valence-corrected chi connectivity index (χ3v) is 6.73. The molecule has 2 aromatic rings. The van der Waals surface area contributed by atoms with Crippen LogP contribution in [0.15, 0.2) is 17.1 Å². The van der Waals surface area contributed by atoms with E-state index in [0.717, 1.165) is 12.3 Å². The number of carboxylic acid groups (broad SMARTS) is 1. The highest BCUT2D eigenvalue weighted by Gasteiger charge is 2.43. The molecule has 1 aromatic heterocycles. The van der Waals surface area contributed by atoms with Gasteiger partial charge in [0.25, 0.3) is 0 Å². The van der Waals surface area contributed by atoms with Gasteiger partial charge < -0.3 is 19.5 Å². The van der Waals surface area contributed by atoms with Gasteiger partial charge in [-0.05, 0) is 52.3 Å². The van der Waals surface area contributed by atoms with Crippen LogP contribution in [0.4, 0.5) is 23.2 Å². The number of hydrogen-bond donors (Lipinski definition) is 1. The Bertz CT molecular complexity index is 1140. The fourth-order valence-corrected chi connectivity index (χ4v) is 4.65. The molecule has 1 aromatic carbocycles. The van der Waals surface area contributed by atoms with Crippen molar-refractivity contribution >= 4 is 22.6 Å². The van der Waals surface area contributed by atoms with Crippen LogP contribution in [0.25, 0.3) is 10.9 Å². The molecule has 2 unspecified atom stereocenters. The number of hydrogen-bond acceptors (Lipinski definition) is 4. The van der Waals surface area contributed by atoms with Crippen LogP contribution in [0.5, 0.6) is 0 Å². The van der Waals surface area contributed by atoms with Crippen molar-refractivity contribution in [3.05, 3.63) is 39.4 Å². The summed E-state index contributed by atoms with van der Waals surface area (Å²) in [6.45, 7) is 2.49. The minimum Gasteiger partial charge on any atom is -0.477 e. The summed E-state index contributed by atoms with van der Waals surface area (Å²) >= 11 is 0. The molecule has 6 nitrogen and oxygen atoms in total. The van der Waals surface area contributed by atoms with Crippen molar-refractivity contribution in [1.29, 1.82) is 0 Å². The molecule has 2 fully saturated rings. The van der Waals surface area contributed by atoms with Crippen LogP contribution in [0.1, 0.15) is 48.1 Å². The number of alkyl halides is 3. The molecule has 0 amide bonds. The van der Waals surface area contributed by atoms with Crippen LogP contribution < -0.4 is 10.3 Å². The van der Waals surface area contributed by atoms with E-state index >= 15 is 4.39 Å². The second kappa shape index (κ2) is 7.75. The van der Waals surface area contributed by atoms with Gasteiger partial charge in [0.15, 0.2) is 0 Å². The number of benzene rings is 1. The molecule has 2 heterocycles. The molecule has 4 rings (SSSR count). The number of nitrogens with zero attached hydrogens (tertiary/aromatic N) is 3. The highest BCUT2D eigenvalue weighted by atomic mass is 19.4. The Morgan fingerprint density at radius 2 is 1.91 bits per heavy atom. The first-order valence-electron chi connectivity index (χ1n) is 10.5. The second-order valence-electron chi connectivity index (χ2n) is 8.99. The molecule has 10 heteroatoms. The Hall–Kier alpha value is -2.62. The summed E-state index contributed by atoms with van der Waals surface area (Å²) in [5.41, 5.74) is -3.97. The number of aromatic nitrogens is 1. The van der Waals surface area contributed by atoms with Crippen LogP contribution in [0.2, 0.25) is 0 Å². The summed E-state index contributed by atoms with van der Waals surface area (Å²) in [6.07, 6.45) is -2.22. The first-order valence-corrected chi connectivity index (χ1v) is 10.5. The summed E-state index contributed by atoms with van der Waals surface area (Å²) in [5, 5.41) is 8.81. The maximum Gasteiger partial charge on any atom is 0.420 e. The molecule has 1 aliphatic heterocycles. The first-order chi connectivity index (χ1) is 14.9. The number of halogens is 4. The van der Waals surface area contributed by atoms with Crippen LogP contribution >= 0.6 is 0 Å². The van der Waals surface area contributed by atoms with Crippen molar-refractivity contribution in [2.75, 3.05) is 32.1 Å². The monoisotopic (exact) mass is 455 g/mol. The normalized spacial score (nSPS) is 20.4. The van der Waals surface area contributed by atoms with E-state index in [4.69, 9.17) is 0 Å². The number of carboxylic acids is 1. The summed E-state index contributed by atoms with van der Waals surface area (Å²) < 4.78 is 59.7. The minimum absolute atomic E-state index is 0.0567. The van der Waals surface area contributed by atoms with Crippen LogP contribution in [-0.4, -0.2) is 53.8 Å². The van der Waals surface area contributed by atoms with Crippen LogP contribution in [0.3, 0.4) is 0 Å². The van der Waals surface area contributed by atoms with E-state index in [1.54, 1.807) is 0 Å². The van der Waals surface area contributed by atoms with Crippen molar-refractivity contribution < 1.29 is 27.5 Å². The molecule has 0 bridgehead atoms. The zero-order valence-electron chi connectivity index (χ0n) is 18.0. The largest absolute Gasteiger partial charge is 0.477 e. The van der Waals surface area contributed by atoms with Gasteiger partial charge in [0, 0.05) is 31.4 Å². The average molecular weight is 455 g/mol. The van der Waals surface area contributed by atoms with Gasteiger partial charge in [-0.15, -0.1) is 0 Å². The second-order valence-corrected chi connectivity index (χ2v) is 8.99. The topological polar surface area (TPSA) is 65.8 Å². The van der Waals surface area contributed by atoms with E-state index in [1.807, 2.05) is 25.9 Å². The smallest absolute Gasteiger partial charge is 0.420 e. The molecule has 174 valence electrons. The molecule has 0 spiro atoms. The number of rotatable bonds is 5. The highest BCUT2D eigenvalue weighted by molar-refractivity contribution is 5.95. The number of pyridine rings is 1. The summed E-state index contributed by atoms with van der Waals surface area (Å²) in [6, 6.07) is 0.521. The van der Waals surface area contributed by atoms with E-state index in [-0.39, 0.29) is 31.1 Å². The molecular weight excluding hydrogens is 430 g/mol. The molecule has 1 saturated heterocycles. The summed E-state index contributed by atoms with van der Waals surface area (Å²) in [4.78, 5) is 27.6. The van der Waals surface area contributed by atoms with Gasteiger partial charge in [0.2, 0.25) is 5.43 Å². The third-order valence-electron chi connectivity index (χ3n) is 6.73. The molecule has 1 aliphatic carbocycles. The van der Waals surface area contributed by atoms with Crippen LogP contribution in [0, 0.1) is 11.7 Å². The molecule has 0 radical (unpaired) electrons.